The molecule has 0 heterocycles. The predicted molar refractivity (Wildman–Crippen MR) is 91.5 cm³/mol. The minimum Gasteiger partial charge on any atom is -0.492 e. The van der Waals surface area contributed by atoms with E-state index in [0.29, 0.717) is 13.2 Å². The Balaban J connectivity index is 2.26. The van der Waals surface area contributed by atoms with Crippen LogP contribution in [0.5, 0.6) is 5.75 Å². The molecule has 1 amide bonds. The fourth-order valence-corrected chi connectivity index (χ4v) is 3.20. The minimum absolute atomic E-state index is 0.0350. The molecule has 0 saturated carbocycles. The summed E-state index contributed by atoms with van der Waals surface area (Å²) in [6, 6.07) is 7.50. The minimum atomic E-state index is -3.05. The summed E-state index contributed by atoms with van der Waals surface area (Å²) in [5.41, 5.74) is 1.12. The lowest BCUT2D eigenvalue weighted by Gasteiger charge is -2.23. The van der Waals surface area contributed by atoms with Crippen LogP contribution in [0.4, 0.5) is 0 Å². The van der Waals surface area contributed by atoms with E-state index in [4.69, 9.17) is 4.74 Å². The smallest absolute Gasteiger partial charge is 0.234 e. The Morgan fingerprint density at radius 3 is 2.70 bits per heavy atom. The summed E-state index contributed by atoms with van der Waals surface area (Å²) < 4.78 is 28.1. The molecule has 130 valence electrons. The van der Waals surface area contributed by atoms with Gasteiger partial charge in [0.25, 0.3) is 0 Å². The van der Waals surface area contributed by atoms with Crippen LogP contribution < -0.4 is 10.1 Å². The molecular formula is C16H26N2O4S. The van der Waals surface area contributed by atoms with Crippen molar-refractivity contribution in [1.29, 1.82) is 0 Å². The molecule has 0 aliphatic rings. The summed E-state index contributed by atoms with van der Waals surface area (Å²) >= 11 is 0. The van der Waals surface area contributed by atoms with Crippen LogP contribution in [-0.2, 0) is 14.6 Å². The highest BCUT2D eigenvalue weighted by Gasteiger charge is 2.17. The largest absolute Gasteiger partial charge is 0.492 e. The van der Waals surface area contributed by atoms with Crippen molar-refractivity contribution in [3.8, 4) is 5.75 Å². The van der Waals surface area contributed by atoms with E-state index in [2.05, 4.69) is 5.32 Å². The molecule has 0 fully saturated rings. The summed E-state index contributed by atoms with van der Waals surface area (Å²) in [7, 11) is -1.32. The van der Waals surface area contributed by atoms with Crippen LogP contribution in [0.1, 0.15) is 12.5 Å². The molecule has 0 aliphatic carbocycles. The first kappa shape index (κ1) is 19.4. The van der Waals surface area contributed by atoms with E-state index in [1.54, 1.807) is 18.9 Å². The number of hydrogen-bond acceptors (Lipinski definition) is 5. The Morgan fingerprint density at radius 1 is 1.39 bits per heavy atom. The molecule has 6 nitrogen and oxygen atoms in total. The van der Waals surface area contributed by atoms with Crippen LogP contribution in [0.3, 0.4) is 0 Å². The van der Waals surface area contributed by atoms with Crippen LogP contribution in [0.2, 0.25) is 0 Å². The number of hydrogen-bond donors (Lipinski definition) is 1. The molecule has 7 heteroatoms. The molecule has 0 aromatic heterocycles. The molecule has 0 bridgehead atoms. The molecule has 23 heavy (non-hydrogen) atoms. The monoisotopic (exact) mass is 342 g/mol. The number of ether oxygens (including phenoxy) is 1. The second-order valence-corrected chi connectivity index (χ2v) is 8.06. The normalized spacial score (nSPS) is 12.9. The first-order valence-corrected chi connectivity index (χ1v) is 9.57. The average molecular weight is 342 g/mol. The molecule has 0 unspecified atom stereocenters. The maximum atomic E-state index is 11.8. The summed E-state index contributed by atoms with van der Waals surface area (Å²) in [6.45, 7) is 4.72. The SMILES string of the molecule is Cc1cccc(OCCNC(=O)CN(C)[C@@H](C)CS(C)(=O)=O)c1. The van der Waals surface area contributed by atoms with Crippen molar-refractivity contribution < 1.29 is 17.9 Å². The molecule has 1 aromatic carbocycles. The Labute approximate surface area is 138 Å². The first-order chi connectivity index (χ1) is 10.7. The number of carbonyl (C=O) groups excluding carboxylic acids is 1. The van der Waals surface area contributed by atoms with E-state index >= 15 is 0 Å². The van der Waals surface area contributed by atoms with Crippen molar-refractivity contribution in [2.75, 3.05) is 38.8 Å². The van der Waals surface area contributed by atoms with Gasteiger partial charge in [0.2, 0.25) is 5.91 Å². The molecular weight excluding hydrogens is 316 g/mol. The third-order valence-electron chi connectivity index (χ3n) is 3.37. The summed E-state index contributed by atoms with van der Waals surface area (Å²) in [5.74, 6) is 0.659. The van der Waals surface area contributed by atoms with Crippen molar-refractivity contribution >= 4 is 15.7 Å². The average Bonchev–Trinajstić information content (AvgIpc) is 2.42. The van der Waals surface area contributed by atoms with Gasteiger partial charge in [-0.3, -0.25) is 9.69 Å². The fraction of sp³-hybridized carbons (Fsp3) is 0.562. The Bertz CT molecular complexity index is 616. The van der Waals surface area contributed by atoms with E-state index in [1.807, 2.05) is 31.2 Å². The second kappa shape index (κ2) is 8.88. The third-order valence-corrected chi connectivity index (χ3v) is 4.46. The molecule has 0 aliphatic heterocycles. The molecule has 0 radical (unpaired) electrons. The third kappa shape index (κ3) is 8.56. The maximum Gasteiger partial charge on any atom is 0.234 e. The van der Waals surface area contributed by atoms with Crippen molar-refractivity contribution in [3.05, 3.63) is 29.8 Å². The molecule has 1 N–H and O–H groups in total. The zero-order valence-electron chi connectivity index (χ0n) is 14.2. The molecule has 0 spiro atoms. The van der Waals surface area contributed by atoms with Crippen molar-refractivity contribution in [2.45, 2.75) is 19.9 Å². The number of amides is 1. The lowest BCUT2D eigenvalue weighted by Crippen LogP contribution is -2.42. The highest BCUT2D eigenvalue weighted by Crippen LogP contribution is 2.11. The number of benzene rings is 1. The quantitative estimate of drug-likeness (QED) is 0.674. The van der Waals surface area contributed by atoms with Gasteiger partial charge in [-0.25, -0.2) is 8.42 Å². The van der Waals surface area contributed by atoms with Gasteiger partial charge in [0.05, 0.1) is 18.8 Å². The number of sulfone groups is 1. The first-order valence-electron chi connectivity index (χ1n) is 7.51. The molecule has 1 atom stereocenters. The second-order valence-electron chi connectivity index (χ2n) is 5.87. The molecule has 0 saturated heterocycles. The fourth-order valence-electron chi connectivity index (χ4n) is 2.07. The number of aryl methyl sites for hydroxylation is 1. The summed E-state index contributed by atoms with van der Waals surface area (Å²) in [5, 5.41) is 2.76. The van der Waals surface area contributed by atoms with Gasteiger partial charge in [-0.1, -0.05) is 12.1 Å². The van der Waals surface area contributed by atoms with Crippen LogP contribution >= 0.6 is 0 Å². The Hall–Kier alpha value is -1.60. The van der Waals surface area contributed by atoms with Gasteiger partial charge in [-0.05, 0) is 38.6 Å². The van der Waals surface area contributed by atoms with Gasteiger partial charge in [-0.15, -0.1) is 0 Å². The van der Waals surface area contributed by atoms with E-state index in [1.165, 1.54) is 6.26 Å². The zero-order valence-corrected chi connectivity index (χ0v) is 15.0. The summed E-state index contributed by atoms with van der Waals surface area (Å²) in [6.07, 6.45) is 1.19. The Kier molecular flexibility index (Phi) is 7.51. The van der Waals surface area contributed by atoms with E-state index in [0.717, 1.165) is 11.3 Å². The predicted octanol–water partition coefficient (Wildman–Crippen LogP) is 0.855. The van der Waals surface area contributed by atoms with E-state index in [9.17, 15) is 13.2 Å². The maximum absolute atomic E-state index is 11.8. The summed E-state index contributed by atoms with van der Waals surface area (Å²) in [4.78, 5) is 13.6. The van der Waals surface area contributed by atoms with Gasteiger partial charge in [0.15, 0.2) is 0 Å². The number of nitrogens with one attached hydrogen (secondary N) is 1. The van der Waals surface area contributed by atoms with Crippen molar-refractivity contribution in [2.24, 2.45) is 0 Å². The van der Waals surface area contributed by atoms with Crippen LogP contribution in [0, 0.1) is 6.92 Å². The van der Waals surface area contributed by atoms with Gasteiger partial charge in [0.1, 0.15) is 22.2 Å². The highest BCUT2D eigenvalue weighted by molar-refractivity contribution is 7.90. The van der Waals surface area contributed by atoms with Gasteiger partial charge < -0.3 is 10.1 Å². The van der Waals surface area contributed by atoms with Crippen LogP contribution in [0.15, 0.2) is 24.3 Å². The van der Waals surface area contributed by atoms with Gasteiger partial charge in [-0.2, -0.15) is 0 Å². The van der Waals surface area contributed by atoms with Crippen molar-refractivity contribution in [3.63, 3.8) is 0 Å². The van der Waals surface area contributed by atoms with Crippen LogP contribution in [-0.4, -0.2) is 64.0 Å². The Morgan fingerprint density at radius 2 is 2.09 bits per heavy atom. The number of rotatable bonds is 9. The standard InChI is InChI=1S/C16H26N2O4S/c1-13-6-5-7-15(10-13)22-9-8-17-16(19)11-18(3)14(2)12-23(4,20)21/h5-7,10,14H,8-9,11-12H2,1-4H3,(H,17,19)/t14-/m0/s1. The van der Waals surface area contributed by atoms with Gasteiger partial charge >= 0.3 is 0 Å². The highest BCUT2D eigenvalue weighted by atomic mass is 32.2. The van der Waals surface area contributed by atoms with E-state index < -0.39 is 9.84 Å². The lowest BCUT2D eigenvalue weighted by molar-refractivity contribution is -0.122. The van der Waals surface area contributed by atoms with Crippen LogP contribution in [0.25, 0.3) is 0 Å². The zero-order chi connectivity index (χ0) is 17.5. The van der Waals surface area contributed by atoms with E-state index in [-0.39, 0.29) is 24.2 Å². The van der Waals surface area contributed by atoms with Crippen molar-refractivity contribution in [1.82, 2.24) is 10.2 Å². The number of nitrogens with zero attached hydrogens (tertiary/aromatic N) is 1. The molecule has 1 aromatic rings. The molecule has 1 rings (SSSR count). The number of likely N-dealkylation sites (N-methyl/N-ethyl adjacent to an activating group) is 1. The number of carbonyl (C=O) groups is 1. The lowest BCUT2D eigenvalue weighted by atomic mass is 10.2. The topological polar surface area (TPSA) is 75.7 Å². The van der Waals surface area contributed by atoms with Gasteiger partial charge in [0, 0.05) is 12.3 Å².